The first-order valence-corrected chi connectivity index (χ1v) is 8.47. The molecule has 21 heavy (non-hydrogen) atoms. The van der Waals surface area contributed by atoms with Gasteiger partial charge in [-0.2, -0.15) is 0 Å². The van der Waals surface area contributed by atoms with Crippen molar-refractivity contribution >= 4 is 5.91 Å². The van der Waals surface area contributed by atoms with E-state index >= 15 is 0 Å². The highest BCUT2D eigenvalue weighted by atomic mass is 16.1. The molecule has 1 saturated carbocycles. The Morgan fingerprint density at radius 1 is 1.38 bits per heavy atom. The van der Waals surface area contributed by atoms with Gasteiger partial charge in [0.25, 0.3) is 0 Å². The van der Waals surface area contributed by atoms with Crippen molar-refractivity contribution in [2.45, 2.75) is 63.6 Å². The Morgan fingerprint density at radius 2 is 2.14 bits per heavy atom. The first-order chi connectivity index (χ1) is 9.98. The molecule has 122 valence electrons. The summed E-state index contributed by atoms with van der Waals surface area (Å²) in [6.45, 7) is 8.58. The largest absolute Gasteiger partial charge is 0.368 e. The van der Waals surface area contributed by atoms with E-state index in [0.29, 0.717) is 12.1 Å². The Bertz CT molecular complexity index is 358. The van der Waals surface area contributed by atoms with Crippen LogP contribution in [0.4, 0.5) is 0 Å². The van der Waals surface area contributed by atoms with Crippen LogP contribution in [0.15, 0.2) is 0 Å². The maximum atomic E-state index is 12.0. The number of hydrogen-bond acceptors (Lipinski definition) is 4. The highest BCUT2D eigenvalue weighted by Crippen LogP contribution is 2.32. The van der Waals surface area contributed by atoms with Crippen molar-refractivity contribution in [1.82, 2.24) is 15.1 Å². The number of likely N-dealkylation sites (N-methyl/N-ethyl adjacent to an activating group) is 2. The first-order valence-electron chi connectivity index (χ1n) is 8.47. The molecule has 0 bridgehead atoms. The van der Waals surface area contributed by atoms with E-state index in [9.17, 15) is 4.79 Å². The van der Waals surface area contributed by atoms with Crippen LogP contribution in [0.25, 0.3) is 0 Å². The van der Waals surface area contributed by atoms with Crippen molar-refractivity contribution < 1.29 is 4.79 Å². The topological polar surface area (TPSA) is 61.6 Å². The lowest BCUT2D eigenvalue weighted by atomic mass is 9.77. The van der Waals surface area contributed by atoms with Crippen molar-refractivity contribution in [1.29, 1.82) is 0 Å². The molecule has 3 atom stereocenters. The van der Waals surface area contributed by atoms with E-state index in [0.717, 1.165) is 38.9 Å². The number of hydrogen-bond donors (Lipinski definition) is 2. The summed E-state index contributed by atoms with van der Waals surface area (Å²) in [6.07, 6.45) is 5.23. The minimum Gasteiger partial charge on any atom is -0.368 e. The molecule has 5 heteroatoms. The van der Waals surface area contributed by atoms with Crippen LogP contribution in [-0.2, 0) is 4.79 Å². The van der Waals surface area contributed by atoms with E-state index in [1.807, 2.05) is 0 Å². The molecular formula is C16H32N4O. The van der Waals surface area contributed by atoms with Gasteiger partial charge in [-0.05, 0) is 65.7 Å². The lowest BCUT2D eigenvalue weighted by molar-refractivity contribution is -0.127. The summed E-state index contributed by atoms with van der Waals surface area (Å²) in [4.78, 5) is 17.1. The second-order valence-corrected chi connectivity index (χ2v) is 6.93. The van der Waals surface area contributed by atoms with E-state index in [2.05, 4.69) is 36.0 Å². The van der Waals surface area contributed by atoms with Crippen LogP contribution in [0.3, 0.4) is 0 Å². The first kappa shape index (κ1) is 16.7. The van der Waals surface area contributed by atoms with Gasteiger partial charge in [-0.25, -0.2) is 0 Å². The molecule has 1 aliphatic carbocycles. The van der Waals surface area contributed by atoms with Gasteiger partial charge in [0.05, 0.1) is 5.54 Å². The lowest BCUT2D eigenvalue weighted by Crippen LogP contribution is -2.61. The average Bonchev–Trinajstić information content (AvgIpc) is 2.60. The number of primary amides is 1. The number of carbonyl (C=O) groups is 1. The van der Waals surface area contributed by atoms with Crippen molar-refractivity contribution in [2.24, 2.45) is 5.73 Å². The Labute approximate surface area is 129 Å². The third-order valence-electron chi connectivity index (χ3n) is 5.28. The standard InChI is InChI=1S/C16H32N4O/c1-4-18-16(15(17)21)8-5-7-14(11-16)20-10-6-9-19(3)12-13(20)2/h13-14,18H,4-12H2,1-3H3,(H2,17,21). The van der Waals surface area contributed by atoms with E-state index < -0.39 is 5.54 Å². The molecule has 3 unspecified atom stereocenters. The fourth-order valence-electron chi connectivity index (χ4n) is 4.27. The van der Waals surface area contributed by atoms with Gasteiger partial charge in [0.2, 0.25) is 5.91 Å². The van der Waals surface area contributed by atoms with Gasteiger partial charge < -0.3 is 16.0 Å². The number of nitrogens with two attached hydrogens (primary N) is 1. The number of carbonyl (C=O) groups excluding carboxylic acids is 1. The van der Waals surface area contributed by atoms with Crippen molar-refractivity contribution in [2.75, 3.05) is 33.2 Å². The average molecular weight is 296 g/mol. The number of nitrogens with zero attached hydrogens (tertiary/aromatic N) is 2. The van der Waals surface area contributed by atoms with Gasteiger partial charge in [-0.1, -0.05) is 6.92 Å². The Hall–Kier alpha value is -0.650. The van der Waals surface area contributed by atoms with Gasteiger partial charge in [-0.3, -0.25) is 9.69 Å². The fourth-order valence-corrected chi connectivity index (χ4v) is 4.27. The minimum absolute atomic E-state index is 0.173. The van der Waals surface area contributed by atoms with E-state index in [1.165, 1.54) is 19.4 Å². The summed E-state index contributed by atoms with van der Waals surface area (Å²) in [5.74, 6) is -0.173. The second kappa shape index (κ2) is 7.07. The molecule has 0 spiro atoms. The molecule has 0 radical (unpaired) electrons. The maximum absolute atomic E-state index is 12.0. The second-order valence-electron chi connectivity index (χ2n) is 6.93. The van der Waals surface area contributed by atoms with Crippen LogP contribution in [0, 0.1) is 0 Å². The Morgan fingerprint density at radius 3 is 2.81 bits per heavy atom. The van der Waals surface area contributed by atoms with E-state index in [1.54, 1.807) is 0 Å². The zero-order valence-corrected chi connectivity index (χ0v) is 13.9. The quantitative estimate of drug-likeness (QED) is 0.805. The van der Waals surface area contributed by atoms with E-state index in [-0.39, 0.29) is 5.91 Å². The highest BCUT2D eigenvalue weighted by Gasteiger charge is 2.43. The van der Waals surface area contributed by atoms with E-state index in [4.69, 9.17) is 5.73 Å². The molecule has 0 aromatic rings. The smallest absolute Gasteiger partial charge is 0.237 e. The summed E-state index contributed by atoms with van der Waals surface area (Å²) in [5.41, 5.74) is 5.25. The summed E-state index contributed by atoms with van der Waals surface area (Å²) in [6, 6.07) is 1.03. The van der Waals surface area contributed by atoms with Crippen LogP contribution in [-0.4, -0.2) is 66.6 Å². The molecule has 2 fully saturated rings. The molecule has 2 rings (SSSR count). The molecule has 0 aromatic carbocycles. The van der Waals surface area contributed by atoms with Crippen LogP contribution in [0.5, 0.6) is 0 Å². The predicted octanol–water partition coefficient (Wildman–Crippen LogP) is 0.789. The van der Waals surface area contributed by atoms with Crippen molar-refractivity contribution in [3.63, 3.8) is 0 Å². The van der Waals surface area contributed by atoms with Crippen LogP contribution in [0.2, 0.25) is 0 Å². The van der Waals surface area contributed by atoms with Crippen LogP contribution in [0.1, 0.15) is 46.0 Å². The summed E-state index contributed by atoms with van der Waals surface area (Å²) >= 11 is 0. The number of nitrogens with one attached hydrogen (secondary N) is 1. The predicted molar refractivity (Wildman–Crippen MR) is 86.1 cm³/mol. The third-order valence-corrected chi connectivity index (χ3v) is 5.28. The minimum atomic E-state index is -0.490. The van der Waals surface area contributed by atoms with Crippen LogP contribution < -0.4 is 11.1 Å². The molecule has 1 saturated heterocycles. The van der Waals surface area contributed by atoms with Crippen molar-refractivity contribution in [3.05, 3.63) is 0 Å². The number of amides is 1. The number of rotatable bonds is 4. The van der Waals surface area contributed by atoms with Crippen molar-refractivity contribution in [3.8, 4) is 0 Å². The molecule has 1 aliphatic heterocycles. The maximum Gasteiger partial charge on any atom is 0.237 e. The lowest BCUT2D eigenvalue weighted by Gasteiger charge is -2.45. The zero-order chi connectivity index (χ0) is 15.5. The van der Waals surface area contributed by atoms with Crippen LogP contribution >= 0.6 is 0 Å². The Balaban J connectivity index is 2.10. The molecule has 1 heterocycles. The Kier molecular flexibility index (Phi) is 5.63. The summed E-state index contributed by atoms with van der Waals surface area (Å²) < 4.78 is 0. The van der Waals surface area contributed by atoms with Gasteiger partial charge in [0, 0.05) is 18.6 Å². The zero-order valence-electron chi connectivity index (χ0n) is 13.9. The summed E-state index contributed by atoms with van der Waals surface area (Å²) in [5, 5.41) is 3.39. The molecule has 2 aliphatic rings. The molecule has 3 N–H and O–H groups in total. The molecule has 1 amide bonds. The van der Waals surface area contributed by atoms with Gasteiger partial charge >= 0.3 is 0 Å². The SMILES string of the molecule is CCNC1(C(N)=O)CCCC(N2CCCN(C)CC2C)C1. The van der Waals surface area contributed by atoms with Gasteiger partial charge in [0.1, 0.15) is 0 Å². The van der Waals surface area contributed by atoms with Gasteiger partial charge in [-0.15, -0.1) is 0 Å². The fraction of sp³-hybridized carbons (Fsp3) is 0.938. The summed E-state index contributed by atoms with van der Waals surface area (Å²) in [7, 11) is 2.20. The van der Waals surface area contributed by atoms with Gasteiger partial charge in [0.15, 0.2) is 0 Å². The normalized spacial score (nSPS) is 36.3. The molecular weight excluding hydrogens is 264 g/mol. The third kappa shape index (κ3) is 3.76. The highest BCUT2D eigenvalue weighted by molar-refractivity contribution is 5.84. The molecule has 5 nitrogen and oxygen atoms in total. The molecule has 0 aromatic heterocycles. The monoisotopic (exact) mass is 296 g/mol.